The smallest absolute Gasteiger partial charge is 0.0880 e. The van der Waals surface area contributed by atoms with Crippen molar-refractivity contribution in [3.8, 4) is 0 Å². The fourth-order valence-corrected chi connectivity index (χ4v) is 1.92. The second-order valence-electron chi connectivity index (χ2n) is 3.75. The maximum atomic E-state index is 9.18. The molecule has 0 amide bonds. The van der Waals surface area contributed by atoms with Crippen LogP contribution in [-0.4, -0.2) is 40.0 Å². The van der Waals surface area contributed by atoms with Crippen LogP contribution in [0, 0.1) is 6.92 Å². The molecule has 0 radical (unpaired) electrons. The summed E-state index contributed by atoms with van der Waals surface area (Å²) < 4.78 is 1.95. The summed E-state index contributed by atoms with van der Waals surface area (Å²) in [5.41, 5.74) is 2.23. The van der Waals surface area contributed by atoms with E-state index in [0.717, 1.165) is 18.8 Å². The molecule has 1 aromatic heterocycles. The van der Waals surface area contributed by atoms with Gasteiger partial charge in [0.15, 0.2) is 0 Å². The summed E-state index contributed by atoms with van der Waals surface area (Å²) in [5, 5.41) is 13.5. The molecule has 1 unspecified atom stereocenters. The molecule has 2 heterocycles. The number of likely N-dealkylation sites (N-methyl/N-ethyl adjacent to an activating group) is 1. The molecule has 2 rings (SSSR count). The van der Waals surface area contributed by atoms with Gasteiger partial charge < -0.3 is 5.11 Å². The van der Waals surface area contributed by atoms with Crippen molar-refractivity contribution in [2.24, 2.45) is 0 Å². The third-order valence-corrected chi connectivity index (χ3v) is 2.45. The highest BCUT2D eigenvalue weighted by Crippen LogP contribution is 2.19. The van der Waals surface area contributed by atoms with E-state index in [0.29, 0.717) is 0 Å². The van der Waals surface area contributed by atoms with Crippen molar-refractivity contribution < 1.29 is 5.11 Å². The molecule has 1 aliphatic rings. The van der Waals surface area contributed by atoms with Crippen LogP contribution < -0.4 is 0 Å². The highest BCUT2D eigenvalue weighted by molar-refractivity contribution is 5.11. The van der Waals surface area contributed by atoms with Gasteiger partial charge in [-0.2, -0.15) is 5.10 Å². The average Bonchev–Trinajstić information content (AvgIpc) is 2.43. The number of hydrogen-bond acceptors (Lipinski definition) is 3. The first-order valence-electron chi connectivity index (χ1n) is 4.55. The summed E-state index contributed by atoms with van der Waals surface area (Å²) in [5.74, 6) is 0. The largest absolute Gasteiger partial charge is 0.394 e. The number of rotatable bonds is 1. The van der Waals surface area contributed by atoms with Crippen LogP contribution in [0.1, 0.15) is 17.4 Å². The van der Waals surface area contributed by atoms with E-state index >= 15 is 0 Å². The third-order valence-electron chi connectivity index (χ3n) is 2.45. The van der Waals surface area contributed by atoms with Crippen molar-refractivity contribution in [1.29, 1.82) is 0 Å². The van der Waals surface area contributed by atoms with Gasteiger partial charge >= 0.3 is 0 Å². The van der Waals surface area contributed by atoms with Gasteiger partial charge in [-0.15, -0.1) is 0 Å². The molecule has 13 heavy (non-hydrogen) atoms. The topological polar surface area (TPSA) is 41.3 Å². The molecular weight excluding hydrogens is 166 g/mol. The zero-order valence-electron chi connectivity index (χ0n) is 8.06. The minimum atomic E-state index is 0.127. The molecule has 72 valence electrons. The number of nitrogens with zero attached hydrogens (tertiary/aromatic N) is 3. The van der Waals surface area contributed by atoms with E-state index in [1.807, 2.05) is 11.6 Å². The second-order valence-corrected chi connectivity index (χ2v) is 3.75. The van der Waals surface area contributed by atoms with Gasteiger partial charge in [0, 0.05) is 13.1 Å². The van der Waals surface area contributed by atoms with Gasteiger partial charge in [-0.3, -0.25) is 9.58 Å². The second kappa shape index (κ2) is 3.12. The summed E-state index contributed by atoms with van der Waals surface area (Å²) in [6.45, 7) is 3.96. The Hall–Kier alpha value is -0.870. The van der Waals surface area contributed by atoms with Crippen LogP contribution in [0.5, 0.6) is 0 Å². The monoisotopic (exact) mass is 181 g/mol. The maximum absolute atomic E-state index is 9.18. The number of hydrogen-bond donors (Lipinski definition) is 1. The lowest BCUT2D eigenvalue weighted by Crippen LogP contribution is -2.36. The van der Waals surface area contributed by atoms with Crippen LogP contribution in [0.3, 0.4) is 0 Å². The molecular formula is C9H15N3O. The normalized spacial score (nSPS) is 23.2. The predicted octanol–water partition coefficient (Wildman–Crippen LogP) is 0.170. The van der Waals surface area contributed by atoms with Crippen LogP contribution >= 0.6 is 0 Å². The molecule has 0 saturated heterocycles. The fraction of sp³-hybridized carbons (Fsp3) is 0.667. The van der Waals surface area contributed by atoms with Crippen LogP contribution in [0.15, 0.2) is 6.07 Å². The van der Waals surface area contributed by atoms with E-state index in [1.165, 1.54) is 5.69 Å². The highest BCUT2D eigenvalue weighted by atomic mass is 16.3. The molecule has 4 heteroatoms. The fourth-order valence-electron chi connectivity index (χ4n) is 1.92. The Morgan fingerprint density at radius 3 is 3.15 bits per heavy atom. The van der Waals surface area contributed by atoms with E-state index in [9.17, 15) is 5.11 Å². The molecule has 1 N–H and O–H groups in total. The Morgan fingerprint density at radius 1 is 1.69 bits per heavy atom. The van der Waals surface area contributed by atoms with Gasteiger partial charge in [-0.05, 0) is 20.0 Å². The number of aromatic nitrogens is 2. The zero-order valence-corrected chi connectivity index (χ0v) is 8.06. The van der Waals surface area contributed by atoms with Crippen LogP contribution in [-0.2, 0) is 6.54 Å². The SMILES string of the molecule is Cc1cc2n(n1)C(CO)CN(C)C2. The van der Waals surface area contributed by atoms with Gasteiger partial charge in [-0.1, -0.05) is 0 Å². The number of aryl methyl sites for hydroxylation is 1. The highest BCUT2D eigenvalue weighted by Gasteiger charge is 2.23. The van der Waals surface area contributed by atoms with Gasteiger partial charge in [0.05, 0.1) is 24.0 Å². The standard InChI is InChI=1S/C9H15N3O/c1-7-3-8-4-11(2)5-9(6-13)12(8)10-7/h3,9,13H,4-6H2,1-2H3. The first-order chi connectivity index (χ1) is 6.20. The predicted molar refractivity (Wildman–Crippen MR) is 49.4 cm³/mol. The Bertz CT molecular complexity index is 308. The maximum Gasteiger partial charge on any atom is 0.0880 e. The molecule has 4 nitrogen and oxygen atoms in total. The number of fused-ring (bicyclic) bond motifs is 1. The van der Waals surface area contributed by atoms with Gasteiger partial charge in [0.25, 0.3) is 0 Å². The Kier molecular flexibility index (Phi) is 2.09. The Labute approximate surface area is 77.8 Å². The average molecular weight is 181 g/mol. The molecule has 0 spiro atoms. The molecule has 1 aromatic rings. The van der Waals surface area contributed by atoms with Crippen molar-refractivity contribution in [2.45, 2.75) is 19.5 Å². The van der Waals surface area contributed by atoms with Crippen molar-refractivity contribution in [1.82, 2.24) is 14.7 Å². The van der Waals surface area contributed by atoms with Crippen LogP contribution in [0.25, 0.3) is 0 Å². The quantitative estimate of drug-likeness (QED) is 0.671. The van der Waals surface area contributed by atoms with Gasteiger partial charge in [-0.25, -0.2) is 0 Å². The van der Waals surface area contributed by atoms with Gasteiger partial charge in [0.1, 0.15) is 0 Å². The summed E-state index contributed by atoms with van der Waals surface area (Å²) in [7, 11) is 2.06. The lowest BCUT2D eigenvalue weighted by Gasteiger charge is -2.29. The molecule has 0 aromatic carbocycles. The molecule has 1 aliphatic heterocycles. The van der Waals surface area contributed by atoms with Crippen LogP contribution in [0.2, 0.25) is 0 Å². The van der Waals surface area contributed by atoms with Crippen molar-refractivity contribution >= 4 is 0 Å². The van der Waals surface area contributed by atoms with Crippen molar-refractivity contribution in [2.75, 3.05) is 20.2 Å². The Morgan fingerprint density at radius 2 is 2.46 bits per heavy atom. The lowest BCUT2D eigenvalue weighted by molar-refractivity contribution is 0.141. The van der Waals surface area contributed by atoms with Crippen LogP contribution in [0.4, 0.5) is 0 Å². The van der Waals surface area contributed by atoms with Crippen molar-refractivity contribution in [3.63, 3.8) is 0 Å². The number of aliphatic hydroxyl groups excluding tert-OH is 1. The summed E-state index contributed by atoms with van der Waals surface area (Å²) in [6, 6.07) is 2.21. The molecule has 1 atom stereocenters. The van der Waals surface area contributed by atoms with Crippen molar-refractivity contribution in [3.05, 3.63) is 17.5 Å². The molecule has 0 saturated carbocycles. The molecule has 0 fully saturated rings. The minimum absolute atomic E-state index is 0.127. The summed E-state index contributed by atoms with van der Waals surface area (Å²) in [4.78, 5) is 2.21. The van der Waals surface area contributed by atoms with E-state index in [2.05, 4.69) is 23.1 Å². The minimum Gasteiger partial charge on any atom is -0.394 e. The Balaban J connectivity index is 2.36. The van der Waals surface area contributed by atoms with E-state index < -0.39 is 0 Å². The van der Waals surface area contributed by atoms with E-state index in [4.69, 9.17) is 0 Å². The van der Waals surface area contributed by atoms with Gasteiger partial charge in [0.2, 0.25) is 0 Å². The van der Waals surface area contributed by atoms with E-state index in [-0.39, 0.29) is 12.6 Å². The third kappa shape index (κ3) is 1.47. The first-order valence-corrected chi connectivity index (χ1v) is 4.55. The zero-order chi connectivity index (χ0) is 9.42. The molecule has 0 bridgehead atoms. The summed E-state index contributed by atoms with van der Waals surface area (Å²) >= 11 is 0. The van der Waals surface area contributed by atoms with E-state index in [1.54, 1.807) is 0 Å². The first kappa shape index (κ1) is 8.72. The number of aliphatic hydroxyl groups is 1. The lowest BCUT2D eigenvalue weighted by atomic mass is 10.2. The molecule has 0 aliphatic carbocycles. The summed E-state index contributed by atoms with van der Waals surface area (Å²) in [6.07, 6.45) is 0.